The second-order valence-electron chi connectivity index (χ2n) is 6.39. The van der Waals surface area contributed by atoms with Crippen LogP contribution in [0, 0.1) is 0 Å². The first-order valence-electron chi connectivity index (χ1n) is 9.02. The molecule has 0 spiro atoms. The molecule has 0 radical (unpaired) electrons. The van der Waals surface area contributed by atoms with E-state index >= 15 is 0 Å². The molecule has 2 aromatic carbocycles. The number of aromatic nitrogens is 1. The van der Waals surface area contributed by atoms with E-state index in [-0.39, 0.29) is 6.04 Å². The quantitative estimate of drug-likeness (QED) is 0.692. The highest BCUT2D eigenvalue weighted by molar-refractivity contribution is 7.10. The van der Waals surface area contributed by atoms with Gasteiger partial charge >= 0.3 is 0 Å². The predicted octanol–water partition coefficient (Wildman–Crippen LogP) is 4.19. The van der Waals surface area contributed by atoms with E-state index in [0.717, 1.165) is 39.7 Å². The Morgan fingerprint density at radius 3 is 2.74 bits per heavy atom. The minimum atomic E-state index is -0.243. The lowest BCUT2D eigenvalue weighted by molar-refractivity contribution is 0.108. The molecule has 140 valence electrons. The second kappa shape index (κ2) is 8.52. The summed E-state index contributed by atoms with van der Waals surface area (Å²) < 4.78 is 17.2. The molecule has 1 unspecified atom stereocenters. The Morgan fingerprint density at radius 1 is 1.07 bits per heavy atom. The van der Waals surface area contributed by atoms with Gasteiger partial charge in [0, 0.05) is 17.4 Å². The van der Waals surface area contributed by atoms with E-state index < -0.39 is 0 Å². The Labute approximate surface area is 162 Å². The first-order chi connectivity index (χ1) is 13.3. The third-order valence-electron chi connectivity index (χ3n) is 4.29. The van der Waals surface area contributed by atoms with Gasteiger partial charge in [0.05, 0.1) is 38.2 Å². The number of thiazole rings is 1. The first-order valence-corrected chi connectivity index (χ1v) is 9.90. The van der Waals surface area contributed by atoms with Gasteiger partial charge in [-0.15, -0.1) is 11.3 Å². The number of benzene rings is 2. The van der Waals surface area contributed by atoms with E-state index in [1.165, 1.54) is 0 Å². The molecule has 0 saturated carbocycles. The lowest BCUT2D eigenvalue weighted by Gasteiger charge is -2.10. The van der Waals surface area contributed by atoms with Gasteiger partial charge in [-0.2, -0.15) is 0 Å². The fourth-order valence-electron chi connectivity index (χ4n) is 2.86. The van der Waals surface area contributed by atoms with Crippen LogP contribution in [0.3, 0.4) is 0 Å². The monoisotopic (exact) mass is 382 g/mol. The van der Waals surface area contributed by atoms with Crippen LogP contribution in [-0.2, 0) is 11.3 Å². The van der Waals surface area contributed by atoms with Crippen molar-refractivity contribution in [2.75, 3.05) is 19.8 Å². The Balaban J connectivity index is 1.40. The highest BCUT2D eigenvalue weighted by Gasteiger charge is 2.15. The van der Waals surface area contributed by atoms with Crippen LogP contribution in [0.15, 0.2) is 53.9 Å². The Kier molecular flexibility index (Phi) is 5.67. The lowest BCUT2D eigenvalue weighted by Crippen LogP contribution is -2.16. The molecule has 0 fully saturated rings. The molecule has 1 aliphatic heterocycles. The number of hydrogen-bond donors (Lipinski definition) is 1. The van der Waals surface area contributed by atoms with E-state index in [4.69, 9.17) is 24.9 Å². The number of fused-ring (bicyclic) bond motifs is 1. The Hall–Kier alpha value is -2.41. The zero-order valence-corrected chi connectivity index (χ0v) is 15.8. The molecule has 6 heteroatoms. The molecular formula is C21H22N2O3S. The summed E-state index contributed by atoms with van der Waals surface area (Å²) in [5, 5.41) is 2.89. The van der Waals surface area contributed by atoms with Crippen LogP contribution in [0.25, 0.3) is 11.3 Å². The summed E-state index contributed by atoms with van der Waals surface area (Å²) in [6.45, 7) is 2.34. The number of ether oxygens (including phenoxy) is 3. The van der Waals surface area contributed by atoms with Crippen molar-refractivity contribution in [3.63, 3.8) is 0 Å². The minimum Gasteiger partial charge on any atom is -0.490 e. The van der Waals surface area contributed by atoms with Gasteiger partial charge in [0.25, 0.3) is 0 Å². The van der Waals surface area contributed by atoms with Crippen molar-refractivity contribution in [3.8, 4) is 22.8 Å². The predicted molar refractivity (Wildman–Crippen MR) is 106 cm³/mol. The first kappa shape index (κ1) is 18.0. The topological polar surface area (TPSA) is 66.6 Å². The van der Waals surface area contributed by atoms with Gasteiger partial charge < -0.3 is 19.9 Å². The Bertz CT molecular complexity index is 882. The third kappa shape index (κ3) is 4.47. The van der Waals surface area contributed by atoms with Crippen molar-refractivity contribution in [2.24, 2.45) is 5.73 Å². The molecule has 1 atom stereocenters. The number of rotatable bonds is 6. The average molecular weight is 382 g/mol. The summed E-state index contributed by atoms with van der Waals surface area (Å²) >= 11 is 1.55. The van der Waals surface area contributed by atoms with E-state index in [9.17, 15) is 0 Å². The van der Waals surface area contributed by atoms with E-state index in [2.05, 4.69) is 0 Å². The van der Waals surface area contributed by atoms with Crippen LogP contribution in [0.1, 0.15) is 23.0 Å². The van der Waals surface area contributed by atoms with Gasteiger partial charge in [-0.25, -0.2) is 4.98 Å². The van der Waals surface area contributed by atoms with Crippen LogP contribution in [0.2, 0.25) is 0 Å². The molecule has 0 bridgehead atoms. The lowest BCUT2D eigenvalue weighted by atomic mass is 10.1. The van der Waals surface area contributed by atoms with Crippen LogP contribution < -0.4 is 15.2 Å². The summed E-state index contributed by atoms with van der Waals surface area (Å²) in [5.74, 6) is 1.56. The molecule has 2 N–H and O–H groups in total. The molecule has 1 aromatic heterocycles. The van der Waals surface area contributed by atoms with Gasteiger partial charge in [-0.05, 0) is 23.8 Å². The van der Waals surface area contributed by atoms with Crippen LogP contribution in [0.4, 0.5) is 0 Å². The molecule has 4 rings (SSSR count). The van der Waals surface area contributed by atoms with Crippen LogP contribution >= 0.6 is 11.3 Å². The zero-order valence-electron chi connectivity index (χ0n) is 15.0. The fourth-order valence-corrected chi connectivity index (χ4v) is 3.68. The maximum Gasteiger partial charge on any atom is 0.161 e. The van der Waals surface area contributed by atoms with Crippen LogP contribution in [0.5, 0.6) is 11.5 Å². The average Bonchev–Trinajstić information content (AvgIpc) is 3.08. The van der Waals surface area contributed by atoms with Crippen molar-refractivity contribution in [2.45, 2.75) is 19.1 Å². The summed E-state index contributed by atoms with van der Waals surface area (Å²) in [4.78, 5) is 4.70. The standard InChI is InChI=1S/C21H22N2O3S/c22-17(13-24-12-15-5-2-1-3-6-15)21-23-18(14-27-21)16-7-8-19-20(11-16)26-10-4-9-25-19/h1-3,5-8,11,14,17H,4,9-10,12-13,22H2. The minimum absolute atomic E-state index is 0.243. The van der Waals surface area contributed by atoms with Gasteiger partial charge in [0.1, 0.15) is 5.01 Å². The van der Waals surface area contributed by atoms with E-state index in [1.54, 1.807) is 11.3 Å². The molecular weight excluding hydrogens is 360 g/mol. The maximum absolute atomic E-state index is 6.26. The third-order valence-corrected chi connectivity index (χ3v) is 5.27. The summed E-state index contributed by atoms with van der Waals surface area (Å²) in [7, 11) is 0. The highest BCUT2D eigenvalue weighted by Crippen LogP contribution is 2.35. The van der Waals surface area contributed by atoms with E-state index in [0.29, 0.717) is 26.4 Å². The molecule has 0 aliphatic carbocycles. The van der Waals surface area contributed by atoms with Gasteiger partial charge in [-0.3, -0.25) is 0 Å². The van der Waals surface area contributed by atoms with Gasteiger partial charge in [-0.1, -0.05) is 30.3 Å². The maximum atomic E-state index is 6.26. The summed E-state index contributed by atoms with van der Waals surface area (Å²) in [6, 6.07) is 15.8. The molecule has 0 saturated heterocycles. The molecule has 5 nitrogen and oxygen atoms in total. The molecule has 0 amide bonds. The number of hydrogen-bond acceptors (Lipinski definition) is 6. The van der Waals surface area contributed by atoms with Crippen molar-refractivity contribution >= 4 is 11.3 Å². The normalized spacial score (nSPS) is 14.6. The molecule has 1 aliphatic rings. The van der Waals surface area contributed by atoms with Crippen molar-refractivity contribution in [1.82, 2.24) is 4.98 Å². The second-order valence-corrected chi connectivity index (χ2v) is 7.28. The van der Waals surface area contributed by atoms with Crippen LogP contribution in [-0.4, -0.2) is 24.8 Å². The number of nitrogens with two attached hydrogens (primary N) is 1. The number of nitrogens with zero attached hydrogens (tertiary/aromatic N) is 1. The smallest absolute Gasteiger partial charge is 0.161 e. The van der Waals surface area contributed by atoms with E-state index in [1.807, 2.05) is 53.9 Å². The zero-order chi connectivity index (χ0) is 18.5. The van der Waals surface area contributed by atoms with Gasteiger partial charge in [0.2, 0.25) is 0 Å². The van der Waals surface area contributed by atoms with Gasteiger partial charge in [0.15, 0.2) is 11.5 Å². The molecule has 2 heterocycles. The summed E-state index contributed by atoms with van der Waals surface area (Å²) in [6.07, 6.45) is 0.892. The molecule has 3 aromatic rings. The highest BCUT2D eigenvalue weighted by atomic mass is 32.1. The largest absolute Gasteiger partial charge is 0.490 e. The fraction of sp³-hybridized carbons (Fsp3) is 0.286. The van der Waals surface area contributed by atoms with Crippen molar-refractivity contribution in [3.05, 3.63) is 64.5 Å². The molecule has 27 heavy (non-hydrogen) atoms. The summed E-state index contributed by atoms with van der Waals surface area (Å²) in [5.41, 5.74) is 9.29. The SMILES string of the molecule is NC(COCc1ccccc1)c1nc(-c2ccc3c(c2)OCCCO3)cs1. The Morgan fingerprint density at radius 2 is 1.89 bits per heavy atom. The van der Waals surface area contributed by atoms with Crippen molar-refractivity contribution in [1.29, 1.82) is 0 Å². The van der Waals surface area contributed by atoms with Crippen molar-refractivity contribution < 1.29 is 14.2 Å².